The Morgan fingerprint density at radius 1 is 1.21 bits per heavy atom. The maximum Gasteiger partial charge on any atom is 0.251 e. The second-order valence-electron chi connectivity index (χ2n) is 4.34. The number of anilines is 1. The van der Waals surface area contributed by atoms with Gasteiger partial charge in [-0.3, -0.25) is 4.79 Å². The van der Waals surface area contributed by atoms with Gasteiger partial charge in [0.15, 0.2) is 0 Å². The third-order valence-electron chi connectivity index (χ3n) is 2.91. The van der Waals surface area contributed by atoms with Gasteiger partial charge in [0.1, 0.15) is 5.82 Å². The number of hydrogen-bond acceptors (Lipinski definition) is 2. The number of nitrogen functional groups attached to an aromatic ring is 1. The molecule has 2 rings (SSSR count). The van der Waals surface area contributed by atoms with Gasteiger partial charge in [-0.1, -0.05) is 30.3 Å². The van der Waals surface area contributed by atoms with E-state index in [4.69, 9.17) is 5.73 Å². The van der Waals surface area contributed by atoms with E-state index in [1.165, 1.54) is 18.2 Å². The first-order chi connectivity index (χ1) is 9.08. The number of carbonyl (C=O) groups is 1. The van der Waals surface area contributed by atoms with Crippen molar-refractivity contribution < 1.29 is 9.18 Å². The van der Waals surface area contributed by atoms with E-state index in [0.717, 1.165) is 5.56 Å². The smallest absolute Gasteiger partial charge is 0.251 e. The highest BCUT2D eigenvalue weighted by atomic mass is 19.1. The summed E-state index contributed by atoms with van der Waals surface area (Å²) in [5.41, 5.74) is 6.77. The fourth-order valence-corrected chi connectivity index (χ4v) is 1.79. The van der Waals surface area contributed by atoms with E-state index in [1.807, 2.05) is 37.3 Å². The van der Waals surface area contributed by atoms with Gasteiger partial charge in [-0.05, 0) is 30.7 Å². The maximum absolute atomic E-state index is 13.0. The molecule has 2 aromatic rings. The Kier molecular flexibility index (Phi) is 3.80. The molecule has 0 saturated carbocycles. The van der Waals surface area contributed by atoms with E-state index in [2.05, 4.69) is 5.32 Å². The minimum absolute atomic E-state index is 0.0278. The zero-order valence-electron chi connectivity index (χ0n) is 10.6. The summed E-state index contributed by atoms with van der Waals surface area (Å²) < 4.78 is 13.0. The highest BCUT2D eigenvalue weighted by Crippen LogP contribution is 2.15. The molecule has 0 aromatic heterocycles. The predicted molar refractivity (Wildman–Crippen MR) is 73.1 cm³/mol. The number of halogens is 1. The van der Waals surface area contributed by atoms with Crippen LogP contribution in [0, 0.1) is 5.82 Å². The Morgan fingerprint density at radius 3 is 2.53 bits per heavy atom. The van der Waals surface area contributed by atoms with E-state index in [1.54, 1.807) is 0 Å². The molecule has 1 atom stereocenters. The Morgan fingerprint density at radius 2 is 1.89 bits per heavy atom. The Labute approximate surface area is 111 Å². The van der Waals surface area contributed by atoms with Gasteiger partial charge in [-0.15, -0.1) is 0 Å². The first kappa shape index (κ1) is 13.1. The van der Waals surface area contributed by atoms with Crippen LogP contribution in [0.15, 0.2) is 48.5 Å². The molecular weight excluding hydrogens is 243 g/mol. The third-order valence-corrected chi connectivity index (χ3v) is 2.91. The molecule has 3 nitrogen and oxygen atoms in total. The van der Waals surface area contributed by atoms with Crippen LogP contribution < -0.4 is 11.1 Å². The first-order valence-corrected chi connectivity index (χ1v) is 5.99. The van der Waals surface area contributed by atoms with Gasteiger partial charge in [-0.2, -0.15) is 0 Å². The van der Waals surface area contributed by atoms with Crippen molar-refractivity contribution in [2.24, 2.45) is 0 Å². The Balaban J connectivity index is 2.11. The summed E-state index contributed by atoms with van der Waals surface area (Å²) in [6.45, 7) is 1.89. The van der Waals surface area contributed by atoms with Crippen molar-refractivity contribution in [2.75, 3.05) is 5.73 Å². The van der Waals surface area contributed by atoms with Gasteiger partial charge in [0.2, 0.25) is 0 Å². The zero-order valence-corrected chi connectivity index (χ0v) is 10.6. The van der Waals surface area contributed by atoms with E-state index in [-0.39, 0.29) is 17.6 Å². The van der Waals surface area contributed by atoms with Gasteiger partial charge in [0.25, 0.3) is 5.91 Å². The highest BCUT2D eigenvalue weighted by Gasteiger charge is 2.12. The van der Waals surface area contributed by atoms with Gasteiger partial charge in [-0.25, -0.2) is 4.39 Å². The minimum atomic E-state index is -0.521. The molecule has 4 heteroatoms. The monoisotopic (exact) mass is 258 g/mol. The average Bonchev–Trinajstić information content (AvgIpc) is 2.42. The van der Waals surface area contributed by atoms with Crippen molar-refractivity contribution in [3.8, 4) is 0 Å². The second kappa shape index (κ2) is 5.52. The quantitative estimate of drug-likeness (QED) is 0.832. The lowest BCUT2D eigenvalue weighted by molar-refractivity contribution is 0.0940. The van der Waals surface area contributed by atoms with E-state index in [0.29, 0.717) is 5.56 Å². The SMILES string of the molecule is CC(NC(=O)c1ccc(F)c(N)c1)c1ccccc1. The highest BCUT2D eigenvalue weighted by molar-refractivity contribution is 5.95. The van der Waals surface area contributed by atoms with Crippen molar-refractivity contribution in [1.29, 1.82) is 0 Å². The van der Waals surface area contributed by atoms with Crippen LogP contribution in [0.1, 0.15) is 28.9 Å². The summed E-state index contributed by atoms with van der Waals surface area (Å²) in [6, 6.07) is 13.4. The van der Waals surface area contributed by atoms with Crippen LogP contribution in [-0.4, -0.2) is 5.91 Å². The fourth-order valence-electron chi connectivity index (χ4n) is 1.79. The molecule has 0 spiro atoms. The van der Waals surface area contributed by atoms with Crippen LogP contribution in [0.3, 0.4) is 0 Å². The van der Waals surface area contributed by atoms with Crippen LogP contribution >= 0.6 is 0 Å². The van der Waals surface area contributed by atoms with E-state index in [9.17, 15) is 9.18 Å². The van der Waals surface area contributed by atoms with Gasteiger partial charge >= 0.3 is 0 Å². The lowest BCUT2D eigenvalue weighted by Gasteiger charge is -2.14. The molecule has 0 bridgehead atoms. The Hall–Kier alpha value is -2.36. The molecule has 0 radical (unpaired) electrons. The summed E-state index contributed by atoms with van der Waals surface area (Å²) in [5, 5.41) is 2.84. The van der Waals surface area contributed by atoms with Gasteiger partial charge in [0, 0.05) is 5.56 Å². The largest absolute Gasteiger partial charge is 0.396 e. The van der Waals surface area contributed by atoms with Crippen LogP contribution in [0.5, 0.6) is 0 Å². The van der Waals surface area contributed by atoms with Crippen LogP contribution in [0.25, 0.3) is 0 Å². The maximum atomic E-state index is 13.0. The van der Waals surface area contributed by atoms with Crippen LogP contribution in [-0.2, 0) is 0 Å². The molecule has 1 amide bonds. The first-order valence-electron chi connectivity index (χ1n) is 5.99. The van der Waals surface area contributed by atoms with Crippen molar-refractivity contribution in [3.05, 3.63) is 65.5 Å². The second-order valence-corrected chi connectivity index (χ2v) is 4.34. The molecule has 0 aliphatic carbocycles. The fraction of sp³-hybridized carbons (Fsp3) is 0.133. The molecule has 0 saturated heterocycles. The number of nitrogens with two attached hydrogens (primary N) is 1. The third kappa shape index (κ3) is 3.10. The number of rotatable bonds is 3. The lowest BCUT2D eigenvalue weighted by Crippen LogP contribution is -2.26. The molecule has 0 heterocycles. The molecule has 98 valence electrons. The summed E-state index contributed by atoms with van der Waals surface area (Å²) in [6.07, 6.45) is 0. The molecule has 0 aliphatic heterocycles. The summed E-state index contributed by atoms with van der Waals surface area (Å²) in [5.74, 6) is -0.796. The van der Waals surface area contributed by atoms with Crippen molar-refractivity contribution in [2.45, 2.75) is 13.0 Å². The van der Waals surface area contributed by atoms with Crippen LogP contribution in [0.4, 0.5) is 10.1 Å². The average molecular weight is 258 g/mol. The van der Waals surface area contributed by atoms with Crippen molar-refractivity contribution >= 4 is 11.6 Å². The molecule has 3 N–H and O–H groups in total. The molecule has 2 aromatic carbocycles. The normalized spacial score (nSPS) is 11.9. The van der Waals surface area contributed by atoms with Gasteiger partial charge < -0.3 is 11.1 Å². The lowest BCUT2D eigenvalue weighted by atomic mass is 10.1. The number of nitrogens with one attached hydrogen (secondary N) is 1. The minimum Gasteiger partial charge on any atom is -0.396 e. The molecule has 1 unspecified atom stereocenters. The standard InChI is InChI=1S/C15H15FN2O/c1-10(11-5-3-2-4-6-11)18-15(19)12-7-8-13(16)14(17)9-12/h2-10H,17H2,1H3,(H,18,19). The number of carbonyl (C=O) groups excluding carboxylic acids is 1. The van der Waals surface area contributed by atoms with Crippen molar-refractivity contribution in [1.82, 2.24) is 5.32 Å². The predicted octanol–water partition coefficient (Wildman–Crippen LogP) is 2.90. The molecule has 0 fully saturated rings. The summed E-state index contributed by atoms with van der Waals surface area (Å²) >= 11 is 0. The van der Waals surface area contributed by atoms with Crippen molar-refractivity contribution in [3.63, 3.8) is 0 Å². The summed E-state index contributed by atoms with van der Waals surface area (Å²) in [4.78, 5) is 12.0. The van der Waals surface area contributed by atoms with E-state index >= 15 is 0 Å². The van der Waals surface area contributed by atoms with Crippen LogP contribution in [0.2, 0.25) is 0 Å². The zero-order chi connectivity index (χ0) is 13.8. The summed E-state index contributed by atoms with van der Waals surface area (Å²) in [7, 11) is 0. The molecule has 19 heavy (non-hydrogen) atoms. The Bertz CT molecular complexity index is 584. The number of benzene rings is 2. The number of amides is 1. The molecule has 0 aliphatic rings. The number of hydrogen-bond donors (Lipinski definition) is 2. The van der Waals surface area contributed by atoms with Gasteiger partial charge in [0.05, 0.1) is 11.7 Å². The topological polar surface area (TPSA) is 55.1 Å². The van der Waals surface area contributed by atoms with E-state index < -0.39 is 5.82 Å². The molecular formula is C15H15FN2O.